The molecule has 3 aromatic heterocycles. The van der Waals surface area contributed by atoms with Crippen LogP contribution < -0.4 is 10.9 Å². The molecule has 0 aliphatic heterocycles. The van der Waals surface area contributed by atoms with Crippen molar-refractivity contribution in [2.24, 2.45) is 0 Å². The first-order valence-electron chi connectivity index (χ1n) is 11.6. The number of pyridine rings is 1. The van der Waals surface area contributed by atoms with E-state index in [9.17, 15) is 4.79 Å². The van der Waals surface area contributed by atoms with Crippen molar-refractivity contribution in [3.63, 3.8) is 0 Å². The summed E-state index contributed by atoms with van der Waals surface area (Å²) in [6, 6.07) is 16.5. The van der Waals surface area contributed by atoms with E-state index in [1.54, 1.807) is 18.7 Å². The van der Waals surface area contributed by atoms with Crippen LogP contribution in [-0.4, -0.2) is 56.1 Å². The minimum Gasteiger partial charge on any atom is -0.380 e. The maximum atomic E-state index is 13.0. The number of hydrogen-bond acceptors (Lipinski definition) is 5. The van der Waals surface area contributed by atoms with Crippen LogP contribution in [0.25, 0.3) is 28.1 Å². The highest BCUT2D eigenvalue weighted by Gasteiger charge is 2.19. The first-order valence-corrected chi connectivity index (χ1v) is 11.6. The molecular weight excluding hydrogens is 438 g/mol. The predicted octanol–water partition coefficient (Wildman–Crippen LogP) is 4.00. The molecule has 1 unspecified atom stereocenters. The fraction of sp³-hybridized carbons (Fsp3) is 0.222. The van der Waals surface area contributed by atoms with Crippen LogP contribution in [0.3, 0.4) is 0 Å². The zero-order chi connectivity index (χ0) is 24.4. The molecule has 0 radical (unpaired) electrons. The Bertz CT molecular complexity index is 1480. The van der Waals surface area contributed by atoms with Crippen molar-refractivity contribution in [2.75, 3.05) is 26.0 Å². The molecule has 3 N–H and O–H groups in total. The number of benzene rings is 2. The van der Waals surface area contributed by atoms with Crippen LogP contribution in [0, 0.1) is 6.92 Å². The zero-order valence-corrected chi connectivity index (χ0v) is 20.1. The molecule has 5 aromatic rings. The number of anilines is 1. The molecule has 0 saturated carbocycles. The lowest BCUT2D eigenvalue weighted by Gasteiger charge is -2.24. The van der Waals surface area contributed by atoms with Gasteiger partial charge in [0, 0.05) is 36.9 Å². The van der Waals surface area contributed by atoms with Gasteiger partial charge in [0.25, 0.3) is 5.56 Å². The van der Waals surface area contributed by atoms with Crippen molar-refractivity contribution in [2.45, 2.75) is 19.4 Å². The number of likely N-dealkylation sites (N-methyl/N-ethyl adjacent to an activating group) is 1. The number of nitrogens with zero attached hydrogens (tertiary/aromatic N) is 4. The van der Waals surface area contributed by atoms with Gasteiger partial charge in [-0.15, -0.1) is 0 Å². The third-order valence-corrected chi connectivity index (χ3v) is 6.03. The van der Waals surface area contributed by atoms with Gasteiger partial charge in [-0.25, -0.2) is 9.97 Å². The molecule has 0 saturated heterocycles. The number of rotatable bonds is 8. The number of fused-ring (bicyclic) bond motifs is 1. The average molecular weight is 468 g/mol. The second-order valence-corrected chi connectivity index (χ2v) is 9.10. The van der Waals surface area contributed by atoms with Crippen molar-refractivity contribution in [1.82, 2.24) is 29.4 Å². The molecule has 0 spiro atoms. The van der Waals surface area contributed by atoms with E-state index in [1.165, 1.54) is 5.56 Å². The van der Waals surface area contributed by atoms with Gasteiger partial charge < -0.3 is 24.8 Å². The van der Waals surface area contributed by atoms with Gasteiger partial charge in [0.1, 0.15) is 11.4 Å². The second-order valence-electron chi connectivity index (χ2n) is 9.10. The maximum Gasteiger partial charge on any atom is 0.261 e. The normalized spacial score (nSPS) is 12.3. The van der Waals surface area contributed by atoms with E-state index >= 15 is 0 Å². The highest BCUT2D eigenvalue weighted by atomic mass is 16.1. The molecule has 8 heteroatoms. The van der Waals surface area contributed by atoms with E-state index in [0.29, 0.717) is 11.4 Å². The summed E-state index contributed by atoms with van der Waals surface area (Å²) in [5, 5.41) is 3.63. The molecule has 3 heterocycles. The number of H-pyrrole nitrogens is 2. The van der Waals surface area contributed by atoms with Crippen LogP contribution in [0.4, 0.5) is 5.69 Å². The van der Waals surface area contributed by atoms with Crippen molar-refractivity contribution in [3.05, 3.63) is 94.9 Å². The molecule has 2 aromatic carbocycles. The van der Waals surface area contributed by atoms with Crippen LogP contribution in [0.5, 0.6) is 0 Å². The number of hydrogen-bond donors (Lipinski definition) is 3. The summed E-state index contributed by atoms with van der Waals surface area (Å²) in [5.41, 5.74) is 6.02. The number of aromatic nitrogens is 5. The lowest BCUT2D eigenvalue weighted by atomic mass is 10.0. The van der Waals surface area contributed by atoms with Gasteiger partial charge in [0.05, 0.1) is 23.0 Å². The van der Waals surface area contributed by atoms with Gasteiger partial charge in [0.15, 0.2) is 0 Å². The van der Waals surface area contributed by atoms with Gasteiger partial charge in [-0.3, -0.25) is 4.79 Å². The van der Waals surface area contributed by atoms with Gasteiger partial charge >= 0.3 is 0 Å². The average Bonchev–Trinajstić information content (AvgIpc) is 3.50. The SMILES string of the molecule is Cc1cc(-n2ccnc2)cc2[nH]c(-c3c(NC(Cc4ccccc4)CN(C)C)cc[nH]c3=O)nc12. The Kier molecular flexibility index (Phi) is 6.20. The van der Waals surface area contributed by atoms with Crippen molar-refractivity contribution in [3.8, 4) is 17.1 Å². The molecule has 178 valence electrons. The summed E-state index contributed by atoms with van der Waals surface area (Å²) in [5.74, 6) is 0.540. The molecule has 0 aliphatic rings. The second kappa shape index (κ2) is 9.60. The monoisotopic (exact) mass is 467 g/mol. The lowest BCUT2D eigenvalue weighted by molar-refractivity contribution is 0.382. The Morgan fingerprint density at radius 3 is 2.71 bits per heavy atom. The number of nitrogens with one attached hydrogen (secondary N) is 3. The molecule has 0 amide bonds. The standard InChI is InChI=1S/C27H29N7O/c1-18-13-21(34-12-11-28-17-34)15-23-25(18)32-26(31-23)24-22(9-10-29-27(24)35)30-20(16-33(2)3)14-19-7-5-4-6-8-19/h4-13,15,17,20H,14,16H2,1-3H3,(H,31,32)(H2,29,30,35). The van der Waals surface area contributed by atoms with Gasteiger partial charge in [-0.2, -0.15) is 0 Å². The minimum absolute atomic E-state index is 0.104. The Balaban J connectivity index is 1.53. The number of aromatic amines is 2. The Morgan fingerprint density at radius 1 is 1.14 bits per heavy atom. The summed E-state index contributed by atoms with van der Waals surface area (Å²) in [4.78, 5) is 30.4. The fourth-order valence-electron chi connectivity index (χ4n) is 4.51. The third-order valence-electron chi connectivity index (χ3n) is 6.03. The molecule has 0 bridgehead atoms. The highest BCUT2D eigenvalue weighted by Crippen LogP contribution is 2.28. The Morgan fingerprint density at radius 2 is 1.97 bits per heavy atom. The summed E-state index contributed by atoms with van der Waals surface area (Å²) >= 11 is 0. The van der Waals surface area contributed by atoms with E-state index in [0.717, 1.165) is 40.9 Å². The molecule has 0 fully saturated rings. The summed E-state index contributed by atoms with van der Waals surface area (Å²) in [6.07, 6.45) is 7.92. The first-order chi connectivity index (χ1) is 17.0. The van der Waals surface area contributed by atoms with Gasteiger partial charge in [-0.1, -0.05) is 30.3 Å². The third kappa shape index (κ3) is 4.88. The topological polar surface area (TPSA) is 94.6 Å². The molecular formula is C27H29N7O. The summed E-state index contributed by atoms with van der Waals surface area (Å²) in [6.45, 7) is 2.84. The molecule has 1 atom stereocenters. The van der Waals surface area contributed by atoms with E-state index < -0.39 is 0 Å². The van der Waals surface area contributed by atoms with E-state index in [1.807, 2.05) is 35.9 Å². The molecule has 8 nitrogen and oxygen atoms in total. The molecule has 35 heavy (non-hydrogen) atoms. The highest BCUT2D eigenvalue weighted by molar-refractivity contribution is 5.86. The minimum atomic E-state index is -0.190. The quantitative estimate of drug-likeness (QED) is 0.321. The van der Waals surface area contributed by atoms with Crippen LogP contribution >= 0.6 is 0 Å². The van der Waals surface area contributed by atoms with Crippen LogP contribution in [0.1, 0.15) is 11.1 Å². The van der Waals surface area contributed by atoms with Crippen molar-refractivity contribution >= 4 is 16.7 Å². The Hall–Kier alpha value is -4.17. The van der Waals surface area contributed by atoms with Crippen molar-refractivity contribution < 1.29 is 0 Å². The largest absolute Gasteiger partial charge is 0.380 e. The van der Waals surface area contributed by atoms with Gasteiger partial charge in [-0.05, 0) is 56.8 Å². The fourth-order valence-corrected chi connectivity index (χ4v) is 4.51. The van der Waals surface area contributed by atoms with Crippen LogP contribution in [-0.2, 0) is 6.42 Å². The molecule has 0 aliphatic carbocycles. The summed E-state index contributed by atoms with van der Waals surface area (Å²) < 4.78 is 1.95. The van der Waals surface area contributed by atoms with Crippen LogP contribution in [0.15, 0.2) is 78.2 Å². The smallest absolute Gasteiger partial charge is 0.261 e. The zero-order valence-electron chi connectivity index (χ0n) is 20.1. The van der Waals surface area contributed by atoms with Crippen LogP contribution in [0.2, 0.25) is 0 Å². The van der Waals surface area contributed by atoms with E-state index in [2.05, 4.69) is 69.6 Å². The lowest BCUT2D eigenvalue weighted by Crippen LogP contribution is -2.34. The molecule has 5 rings (SSSR count). The van der Waals surface area contributed by atoms with Crippen molar-refractivity contribution in [1.29, 1.82) is 0 Å². The van der Waals surface area contributed by atoms with E-state index in [-0.39, 0.29) is 11.6 Å². The number of aryl methyl sites for hydroxylation is 1. The Labute approximate surface area is 203 Å². The van der Waals surface area contributed by atoms with E-state index in [4.69, 9.17) is 4.98 Å². The first kappa shape index (κ1) is 22.6. The number of imidazole rings is 2. The summed E-state index contributed by atoms with van der Waals surface area (Å²) in [7, 11) is 4.11. The maximum absolute atomic E-state index is 13.0. The van der Waals surface area contributed by atoms with Gasteiger partial charge in [0.2, 0.25) is 0 Å². The predicted molar refractivity (Wildman–Crippen MR) is 140 cm³/mol.